The molecule has 0 aliphatic carbocycles. The van der Waals surface area contributed by atoms with Crippen molar-refractivity contribution in [1.29, 1.82) is 0 Å². The molecule has 0 saturated heterocycles. The molecule has 0 bridgehead atoms. The van der Waals surface area contributed by atoms with Crippen LogP contribution in [-0.4, -0.2) is 16.9 Å². The van der Waals surface area contributed by atoms with Crippen LogP contribution in [0.15, 0.2) is 24.4 Å². The van der Waals surface area contributed by atoms with E-state index in [1.165, 1.54) is 16.9 Å². The Balaban J connectivity index is 1.95. The SMILES string of the molecule is Cc1cc(Cl)ccc1Cc1cnc(NC(=O)CCC(C)N)s1. The van der Waals surface area contributed by atoms with Gasteiger partial charge in [-0.2, -0.15) is 0 Å². The zero-order valence-corrected chi connectivity index (χ0v) is 14.3. The van der Waals surface area contributed by atoms with Gasteiger partial charge in [-0.3, -0.25) is 4.79 Å². The van der Waals surface area contributed by atoms with Crippen molar-refractivity contribution in [2.75, 3.05) is 5.32 Å². The number of nitrogens with two attached hydrogens (primary N) is 1. The minimum Gasteiger partial charge on any atom is -0.328 e. The van der Waals surface area contributed by atoms with Gasteiger partial charge in [0, 0.05) is 35.0 Å². The first-order valence-electron chi connectivity index (χ1n) is 7.19. The number of halogens is 1. The summed E-state index contributed by atoms with van der Waals surface area (Å²) in [6.07, 6.45) is 3.69. The molecule has 0 saturated carbocycles. The molecule has 1 aromatic heterocycles. The average Bonchev–Trinajstić information content (AvgIpc) is 2.87. The summed E-state index contributed by atoms with van der Waals surface area (Å²) in [6.45, 7) is 3.93. The van der Waals surface area contributed by atoms with E-state index >= 15 is 0 Å². The second-order valence-corrected chi connectivity index (χ2v) is 7.00. The maximum absolute atomic E-state index is 11.8. The lowest BCUT2D eigenvalue weighted by Crippen LogP contribution is -2.19. The van der Waals surface area contributed by atoms with Gasteiger partial charge in [-0.15, -0.1) is 11.3 Å². The topological polar surface area (TPSA) is 68.0 Å². The van der Waals surface area contributed by atoms with Crippen LogP contribution >= 0.6 is 22.9 Å². The zero-order chi connectivity index (χ0) is 16.1. The van der Waals surface area contributed by atoms with Crippen LogP contribution in [0.3, 0.4) is 0 Å². The lowest BCUT2D eigenvalue weighted by molar-refractivity contribution is -0.116. The monoisotopic (exact) mass is 337 g/mol. The largest absolute Gasteiger partial charge is 0.328 e. The van der Waals surface area contributed by atoms with Gasteiger partial charge < -0.3 is 11.1 Å². The van der Waals surface area contributed by atoms with Gasteiger partial charge in [0.2, 0.25) is 5.91 Å². The van der Waals surface area contributed by atoms with Crippen molar-refractivity contribution in [1.82, 2.24) is 4.98 Å². The Morgan fingerprint density at radius 1 is 1.50 bits per heavy atom. The summed E-state index contributed by atoms with van der Waals surface area (Å²) in [5.74, 6) is -0.0409. The zero-order valence-electron chi connectivity index (χ0n) is 12.7. The number of anilines is 1. The Kier molecular flexibility index (Phi) is 5.94. The highest BCUT2D eigenvalue weighted by Crippen LogP contribution is 2.24. The number of hydrogen-bond acceptors (Lipinski definition) is 4. The first-order valence-corrected chi connectivity index (χ1v) is 8.38. The maximum Gasteiger partial charge on any atom is 0.226 e. The number of nitrogens with zero attached hydrogens (tertiary/aromatic N) is 1. The fraction of sp³-hybridized carbons (Fsp3) is 0.375. The highest BCUT2D eigenvalue weighted by Gasteiger charge is 2.09. The van der Waals surface area contributed by atoms with E-state index in [0.717, 1.165) is 21.9 Å². The quantitative estimate of drug-likeness (QED) is 0.843. The summed E-state index contributed by atoms with van der Waals surface area (Å²) in [4.78, 5) is 17.1. The lowest BCUT2D eigenvalue weighted by atomic mass is 10.1. The number of thiazole rings is 1. The van der Waals surface area contributed by atoms with Gasteiger partial charge in [0.15, 0.2) is 5.13 Å². The lowest BCUT2D eigenvalue weighted by Gasteiger charge is -2.05. The molecule has 2 aromatic rings. The van der Waals surface area contributed by atoms with E-state index in [-0.39, 0.29) is 11.9 Å². The molecule has 0 spiro atoms. The molecular formula is C16H20ClN3OS. The summed E-state index contributed by atoms with van der Waals surface area (Å²) in [5.41, 5.74) is 8.01. The predicted octanol–water partition coefficient (Wildman–Crippen LogP) is 3.76. The average molecular weight is 338 g/mol. The van der Waals surface area contributed by atoms with E-state index in [2.05, 4.69) is 10.3 Å². The van der Waals surface area contributed by atoms with E-state index in [0.29, 0.717) is 18.0 Å². The molecule has 6 heteroatoms. The smallest absolute Gasteiger partial charge is 0.226 e. The summed E-state index contributed by atoms with van der Waals surface area (Å²) in [6, 6.07) is 5.90. The number of nitrogens with one attached hydrogen (secondary N) is 1. The Morgan fingerprint density at radius 3 is 2.95 bits per heavy atom. The number of carbonyl (C=O) groups excluding carboxylic acids is 1. The van der Waals surface area contributed by atoms with Crippen molar-refractivity contribution in [3.05, 3.63) is 45.4 Å². The van der Waals surface area contributed by atoms with Crippen molar-refractivity contribution in [2.45, 2.75) is 39.2 Å². The van der Waals surface area contributed by atoms with Crippen LogP contribution in [0.1, 0.15) is 35.8 Å². The maximum atomic E-state index is 11.8. The standard InChI is InChI=1S/C16H20ClN3OS/c1-10-7-13(17)5-4-12(10)8-14-9-19-16(22-14)20-15(21)6-3-11(2)18/h4-5,7,9,11H,3,6,8,18H2,1-2H3,(H,19,20,21). The highest BCUT2D eigenvalue weighted by atomic mass is 35.5. The molecule has 0 fully saturated rings. The molecule has 0 aliphatic heterocycles. The molecule has 1 atom stereocenters. The van der Waals surface area contributed by atoms with E-state index in [1.807, 2.05) is 32.0 Å². The first-order chi connectivity index (χ1) is 10.4. The van der Waals surface area contributed by atoms with Crippen molar-refractivity contribution >= 4 is 34.0 Å². The molecule has 2 rings (SSSR count). The summed E-state index contributed by atoms with van der Waals surface area (Å²) in [7, 11) is 0. The number of aromatic nitrogens is 1. The minimum atomic E-state index is -0.0409. The van der Waals surface area contributed by atoms with Crippen molar-refractivity contribution in [2.24, 2.45) is 5.73 Å². The van der Waals surface area contributed by atoms with Crippen LogP contribution in [0.5, 0.6) is 0 Å². The third kappa shape index (κ3) is 5.09. The Morgan fingerprint density at radius 2 is 2.27 bits per heavy atom. The van der Waals surface area contributed by atoms with E-state index in [4.69, 9.17) is 17.3 Å². The molecule has 0 aliphatic rings. The van der Waals surface area contributed by atoms with Gasteiger partial charge in [-0.1, -0.05) is 17.7 Å². The molecule has 1 heterocycles. The molecule has 1 unspecified atom stereocenters. The number of rotatable bonds is 6. The second-order valence-electron chi connectivity index (χ2n) is 5.44. The number of amides is 1. The van der Waals surface area contributed by atoms with E-state index < -0.39 is 0 Å². The van der Waals surface area contributed by atoms with Crippen LogP contribution in [0.2, 0.25) is 5.02 Å². The third-order valence-electron chi connectivity index (χ3n) is 3.30. The molecule has 4 nitrogen and oxygen atoms in total. The molecular weight excluding hydrogens is 318 g/mol. The first kappa shape index (κ1) is 16.9. The fourth-order valence-corrected chi connectivity index (χ4v) is 3.11. The number of carbonyl (C=O) groups is 1. The molecule has 0 radical (unpaired) electrons. The molecule has 1 amide bonds. The fourth-order valence-electron chi connectivity index (χ4n) is 2.03. The van der Waals surface area contributed by atoms with Gasteiger partial charge in [-0.25, -0.2) is 4.98 Å². The normalized spacial score (nSPS) is 12.2. The van der Waals surface area contributed by atoms with Gasteiger partial charge in [0.05, 0.1) is 0 Å². The van der Waals surface area contributed by atoms with Gasteiger partial charge in [0.1, 0.15) is 0 Å². The van der Waals surface area contributed by atoms with Crippen molar-refractivity contribution < 1.29 is 4.79 Å². The second kappa shape index (κ2) is 7.72. The van der Waals surface area contributed by atoms with Crippen molar-refractivity contribution in [3.8, 4) is 0 Å². The Hall–Kier alpha value is -1.43. The molecule has 22 heavy (non-hydrogen) atoms. The number of hydrogen-bond donors (Lipinski definition) is 2. The van der Waals surface area contributed by atoms with Crippen LogP contribution in [-0.2, 0) is 11.2 Å². The molecule has 1 aromatic carbocycles. The van der Waals surface area contributed by atoms with Gasteiger partial charge in [-0.05, 0) is 43.5 Å². The van der Waals surface area contributed by atoms with Crippen LogP contribution in [0.4, 0.5) is 5.13 Å². The summed E-state index contributed by atoms with van der Waals surface area (Å²) >= 11 is 7.46. The van der Waals surface area contributed by atoms with E-state index in [1.54, 1.807) is 6.20 Å². The Bertz CT molecular complexity index is 655. The summed E-state index contributed by atoms with van der Waals surface area (Å²) in [5, 5.41) is 4.20. The molecule has 3 N–H and O–H groups in total. The number of aryl methyl sites for hydroxylation is 1. The van der Waals surface area contributed by atoms with Gasteiger partial charge >= 0.3 is 0 Å². The van der Waals surface area contributed by atoms with E-state index in [9.17, 15) is 4.79 Å². The van der Waals surface area contributed by atoms with Crippen LogP contribution in [0, 0.1) is 6.92 Å². The van der Waals surface area contributed by atoms with Crippen LogP contribution < -0.4 is 11.1 Å². The minimum absolute atomic E-state index is 0.0329. The van der Waals surface area contributed by atoms with Crippen LogP contribution in [0.25, 0.3) is 0 Å². The molecule has 118 valence electrons. The highest BCUT2D eigenvalue weighted by molar-refractivity contribution is 7.15. The predicted molar refractivity (Wildman–Crippen MR) is 92.6 cm³/mol. The number of benzene rings is 1. The van der Waals surface area contributed by atoms with Crippen molar-refractivity contribution in [3.63, 3.8) is 0 Å². The summed E-state index contributed by atoms with van der Waals surface area (Å²) < 4.78 is 0. The Labute approximate surface area is 139 Å². The third-order valence-corrected chi connectivity index (χ3v) is 4.44. The van der Waals surface area contributed by atoms with Gasteiger partial charge in [0.25, 0.3) is 0 Å².